The fraction of sp³-hybridized carbons (Fsp3) is 0.909. The first-order valence-corrected chi connectivity index (χ1v) is 5.60. The van der Waals surface area contributed by atoms with E-state index in [0.29, 0.717) is 0 Å². The van der Waals surface area contributed by atoms with E-state index in [-0.39, 0.29) is 5.91 Å². The van der Waals surface area contributed by atoms with Gasteiger partial charge in [-0.2, -0.15) is 0 Å². The van der Waals surface area contributed by atoms with Gasteiger partial charge in [0.25, 0.3) is 5.91 Å². The molecule has 0 aromatic carbocycles. The van der Waals surface area contributed by atoms with Gasteiger partial charge in [0.2, 0.25) is 0 Å². The van der Waals surface area contributed by atoms with Crippen molar-refractivity contribution in [3.63, 3.8) is 0 Å². The normalized spacial score (nSPS) is 21.7. The molecule has 4 heteroatoms. The molecule has 0 bridgehead atoms. The topological polar surface area (TPSA) is 50.4 Å². The van der Waals surface area contributed by atoms with Gasteiger partial charge in [-0.05, 0) is 45.7 Å². The van der Waals surface area contributed by atoms with Crippen molar-refractivity contribution < 1.29 is 9.53 Å². The van der Waals surface area contributed by atoms with E-state index in [0.717, 1.165) is 32.0 Å². The maximum absolute atomic E-state index is 11.6. The van der Waals surface area contributed by atoms with E-state index in [2.05, 4.69) is 10.6 Å². The number of rotatable bonds is 5. The minimum Gasteiger partial charge on any atom is -0.369 e. The molecule has 1 unspecified atom stereocenters. The molecule has 1 rings (SSSR count). The third kappa shape index (κ3) is 3.80. The molecule has 1 amide bonds. The first-order chi connectivity index (χ1) is 7.06. The van der Waals surface area contributed by atoms with Crippen LogP contribution in [0.1, 0.15) is 26.7 Å². The summed E-state index contributed by atoms with van der Waals surface area (Å²) in [5, 5.41) is 6.22. The van der Waals surface area contributed by atoms with Gasteiger partial charge in [-0.3, -0.25) is 4.79 Å². The number of hydrogen-bond donors (Lipinski definition) is 2. The Morgan fingerprint density at radius 3 is 2.87 bits per heavy atom. The van der Waals surface area contributed by atoms with Crippen molar-refractivity contribution in [2.24, 2.45) is 5.92 Å². The average molecular weight is 214 g/mol. The van der Waals surface area contributed by atoms with Crippen LogP contribution in [0.4, 0.5) is 0 Å². The summed E-state index contributed by atoms with van der Waals surface area (Å²) in [6.07, 6.45) is 2.28. The van der Waals surface area contributed by atoms with Crippen LogP contribution in [-0.2, 0) is 9.53 Å². The third-order valence-corrected chi connectivity index (χ3v) is 3.06. The van der Waals surface area contributed by atoms with Crippen molar-refractivity contribution in [3.05, 3.63) is 0 Å². The summed E-state index contributed by atoms with van der Waals surface area (Å²) in [5.74, 6) is 0.687. The molecule has 1 saturated heterocycles. The molecule has 1 heterocycles. The van der Waals surface area contributed by atoms with E-state index in [1.807, 2.05) is 0 Å². The Hall–Kier alpha value is -0.610. The number of amides is 1. The standard InChI is InChI=1S/C11H22N2O2/c1-11(2,15-3)10(14)13-7-5-9-4-6-12-8-9/h9,12H,4-8H2,1-3H3,(H,13,14). The van der Waals surface area contributed by atoms with Gasteiger partial charge in [-0.25, -0.2) is 0 Å². The molecule has 15 heavy (non-hydrogen) atoms. The second kappa shape index (κ2) is 5.47. The summed E-state index contributed by atoms with van der Waals surface area (Å²) in [7, 11) is 1.56. The molecule has 88 valence electrons. The zero-order valence-electron chi connectivity index (χ0n) is 9.93. The van der Waals surface area contributed by atoms with Crippen molar-refractivity contribution >= 4 is 5.91 Å². The summed E-state index contributed by atoms with van der Waals surface area (Å²) >= 11 is 0. The Morgan fingerprint density at radius 2 is 2.33 bits per heavy atom. The molecule has 1 aliphatic heterocycles. The number of methoxy groups -OCH3 is 1. The van der Waals surface area contributed by atoms with Gasteiger partial charge >= 0.3 is 0 Å². The Balaban J connectivity index is 2.16. The van der Waals surface area contributed by atoms with Crippen molar-refractivity contribution in [1.82, 2.24) is 10.6 Å². The van der Waals surface area contributed by atoms with Gasteiger partial charge in [-0.15, -0.1) is 0 Å². The molecule has 4 nitrogen and oxygen atoms in total. The number of nitrogens with one attached hydrogen (secondary N) is 2. The molecule has 0 saturated carbocycles. The molecule has 0 aliphatic carbocycles. The minimum atomic E-state index is -0.714. The molecule has 0 aromatic rings. The highest BCUT2D eigenvalue weighted by molar-refractivity contribution is 5.84. The summed E-state index contributed by atoms with van der Waals surface area (Å²) in [4.78, 5) is 11.6. The maximum atomic E-state index is 11.6. The predicted octanol–water partition coefficient (Wildman–Crippen LogP) is 0.527. The van der Waals surface area contributed by atoms with Crippen LogP contribution in [0.5, 0.6) is 0 Å². The first kappa shape index (κ1) is 12.5. The van der Waals surface area contributed by atoms with Crippen molar-refractivity contribution in [2.75, 3.05) is 26.7 Å². The molecule has 1 fully saturated rings. The molecule has 0 spiro atoms. The third-order valence-electron chi connectivity index (χ3n) is 3.06. The van der Waals surface area contributed by atoms with Gasteiger partial charge < -0.3 is 15.4 Å². The fourth-order valence-corrected chi connectivity index (χ4v) is 1.66. The van der Waals surface area contributed by atoms with Crippen LogP contribution in [0.3, 0.4) is 0 Å². The zero-order chi connectivity index (χ0) is 11.3. The first-order valence-electron chi connectivity index (χ1n) is 5.60. The lowest BCUT2D eigenvalue weighted by molar-refractivity contribution is -0.139. The van der Waals surface area contributed by atoms with Crippen LogP contribution >= 0.6 is 0 Å². The van der Waals surface area contributed by atoms with Crippen LogP contribution in [0.2, 0.25) is 0 Å². The molecular formula is C11H22N2O2. The number of hydrogen-bond acceptors (Lipinski definition) is 3. The van der Waals surface area contributed by atoms with Crippen LogP contribution in [0, 0.1) is 5.92 Å². The summed E-state index contributed by atoms with van der Waals surface area (Å²) in [5.41, 5.74) is -0.714. The largest absolute Gasteiger partial charge is 0.369 e. The smallest absolute Gasteiger partial charge is 0.251 e. The molecule has 0 radical (unpaired) electrons. The predicted molar refractivity (Wildman–Crippen MR) is 59.7 cm³/mol. The van der Waals surface area contributed by atoms with Gasteiger partial charge in [-0.1, -0.05) is 0 Å². The number of ether oxygens (including phenoxy) is 1. The van der Waals surface area contributed by atoms with Crippen LogP contribution in [-0.4, -0.2) is 38.3 Å². The van der Waals surface area contributed by atoms with Gasteiger partial charge in [0.05, 0.1) is 0 Å². The number of carbonyl (C=O) groups excluding carboxylic acids is 1. The summed E-state index contributed by atoms with van der Waals surface area (Å²) < 4.78 is 5.10. The van der Waals surface area contributed by atoms with Crippen molar-refractivity contribution in [1.29, 1.82) is 0 Å². The molecular weight excluding hydrogens is 192 g/mol. The molecule has 1 aliphatic rings. The summed E-state index contributed by atoms with van der Waals surface area (Å²) in [6, 6.07) is 0. The van der Waals surface area contributed by atoms with Gasteiger partial charge in [0.15, 0.2) is 0 Å². The Kier molecular flexibility index (Phi) is 4.54. The molecule has 2 N–H and O–H groups in total. The quantitative estimate of drug-likeness (QED) is 0.702. The van der Waals surface area contributed by atoms with Crippen LogP contribution in [0.15, 0.2) is 0 Å². The highest BCUT2D eigenvalue weighted by Gasteiger charge is 2.26. The highest BCUT2D eigenvalue weighted by atomic mass is 16.5. The van der Waals surface area contributed by atoms with Crippen LogP contribution < -0.4 is 10.6 Å². The molecule has 1 atom stereocenters. The monoisotopic (exact) mass is 214 g/mol. The Bertz CT molecular complexity index is 211. The lowest BCUT2D eigenvalue weighted by Gasteiger charge is -2.22. The Morgan fingerprint density at radius 1 is 1.60 bits per heavy atom. The fourth-order valence-electron chi connectivity index (χ4n) is 1.66. The lowest BCUT2D eigenvalue weighted by atomic mass is 10.0. The Labute approximate surface area is 91.8 Å². The second-order valence-corrected chi connectivity index (χ2v) is 4.62. The average Bonchev–Trinajstić information content (AvgIpc) is 2.70. The highest BCUT2D eigenvalue weighted by Crippen LogP contribution is 2.11. The minimum absolute atomic E-state index is 0.0315. The van der Waals surface area contributed by atoms with Gasteiger partial charge in [0, 0.05) is 13.7 Å². The van der Waals surface area contributed by atoms with Gasteiger partial charge in [0.1, 0.15) is 5.60 Å². The zero-order valence-corrected chi connectivity index (χ0v) is 9.93. The SMILES string of the molecule is COC(C)(C)C(=O)NCCC1CCNC1. The summed E-state index contributed by atoms with van der Waals surface area (Å²) in [6.45, 7) is 6.50. The molecule has 0 aromatic heterocycles. The van der Waals surface area contributed by atoms with E-state index >= 15 is 0 Å². The van der Waals surface area contributed by atoms with E-state index in [1.165, 1.54) is 6.42 Å². The van der Waals surface area contributed by atoms with Crippen molar-refractivity contribution in [2.45, 2.75) is 32.3 Å². The van der Waals surface area contributed by atoms with E-state index in [4.69, 9.17) is 4.74 Å². The second-order valence-electron chi connectivity index (χ2n) is 4.62. The van der Waals surface area contributed by atoms with E-state index in [1.54, 1.807) is 21.0 Å². The van der Waals surface area contributed by atoms with E-state index in [9.17, 15) is 4.79 Å². The van der Waals surface area contributed by atoms with Crippen LogP contribution in [0.25, 0.3) is 0 Å². The number of carbonyl (C=O) groups is 1. The van der Waals surface area contributed by atoms with E-state index < -0.39 is 5.60 Å². The maximum Gasteiger partial charge on any atom is 0.251 e. The lowest BCUT2D eigenvalue weighted by Crippen LogP contribution is -2.44. The van der Waals surface area contributed by atoms with Crippen molar-refractivity contribution in [3.8, 4) is 0 Å².